The van der Waals surface area contributed by atoms with Gasteiger partial charge in [-0.15, -0.1) is 0 Å². The Bertz CT molecular complexity index is 561. The lowest BCUT2D eigenvalue weighted by molar-refractivity contribution is -0.116. The molecule has 0 fully saturated rings. The molecule has 0 aliphatic heterocycles. The first-order chi connectivity index (χ1) is 9.54. The summed E-state index contributed by atoms with van der Waals surface area (Å²) in [6.45, 7) is 3.97. The fourth-order valence-electron chi connectivity index (χ4n) is 2.03. The zero-order valence-corrected chi connectivity index (χ0v) is 12.3. The van der Waals surface area contributed by atoms with Crippen molar-refractivity contribution in [1.29, 1.82) is 0 Å². The van der Waals surface area contributed by atoms with Crippen molar-refractivity contribution >= 4 is 17.9 Å². The molecule has 2 nitrogen and oxygen atoms in total. The highest BCUT2D eigenvalue weighted by Crippen LogP contribution is 2.30. The van der Waals surface area contributed by atoms with E-state index in [-0.39, 0.29) is 0 Å². The van der Waals surface area contributed by atoms with Crippen molar-refractivity contribution in [3.05, 3.63) is 65.2 Å². The van der Waals surface area contributed by atoms with E-state index in [9.17, 15) is 4.79 Å². The molecule has 104 valence electrons. The molecule has 2 rings (SSSR count). The normalized spacial score (nSPS) is 12.8. The maximum atomic E-state index is 11.4. The molecule has 0 aromatic heterocycles. The molecule has 2 aromatic carbocycles. The summed E-state index contributed by atoms with van der Waals surface area (Å²) in [6, 6.07) is 16.8. The zero-order chi connectivity index (χ0) is 14.6. The number of hydrogen-bond acceptors (Lipinski definition) is 2. The summed E-state index contributed by atoms with van der Waals surface area (Å²) in [6.07, 6.45) is 0.285. The molecule has 20 heavy (non-hydrogen) atoms. The molecule has 0 saturated heterocycles. The van der Waals surface area contributed by atoms with Crippen molar-refractivity contribution in [2.75, 3.05) is 0 Å². The molecule has 0 bridgehead atoms. The third-order valence-corrected chi connectivity index (χ3v) is 3.68. The first kappa shape index (κ1) is 14.6. The molecule has 1 unspecified atom stereocenters. The van der Waals surface area contributed by atoms with Crippen LogP contribution >= 0.6 is 11.6 Å². The quantitative estimate of drug-likeness (QED) is 0.768. The lowest BCUT2D eigenvalue weighted by atomic mass is 9.80. The molecule has 2 aromatic rings. The van der Waals surface area contributed by atoms with Gasteiger partial charge in [-0.25, -0.2) is 0 Å². The van der Waals surface area contributed by atoms with Crippen LogP contribution in [0.4, 0.5) is 0 Å². The number of para-hydroxylation sites is 1. The van der Waals surface area contributed by atoms with Gasteiger partial charge in [-0.1, -0.05) is 55.8 Å². The van der Waals surface area contributed by atoms with E-state index in [0.717, 1.165) is 11.8 Å². The summed E-state index contributed by atoms with van der Waals surface area (Å²) in [7, 11) is 0. The zero-order valence-electron chi connectivity index (χ0n) is 11.5. The topological polar surface area (TPSA) is 26.3 Å². The van der Waals surface area contributed by atoms with Gasteiger partial charge in [-0.05, 0) is 29.8 Å². The second-order valence-corrected chi connectivity index (χ2v) is 5.65. The van der Waals surface area contributed by atoms with Gasteiger partial charge in [0.25, 0.3) is 0 Å². The van der Waals surface area contributed by atoms with Crippen LogP contribution in [0.25, 0.3) is 0 Å². The van der Waals surface area contributed by atoms with Crippen molar-refractivity contribution in [2.24, 2.45) is 0 Å². The van der Waals surface area contributed by atoms with E-state index in [2.05, 4.69) is 0 Å². The predicted molar refractivity (Wildman–Crippen MR) is 81.4 cm³/mol. The molecule has 0 spiro atoms. The van der Waals surface area contributed by atoms with Gasteiger partial charge in [0.1, 0.15) is 5.75 Å². The summed E-state index contributed by atoms with van der Waals surface area (Å²) in [4.78, 5) is 11.4. The first-order valence-corrected chi connectivity index (χ1v) is 6.85. The Hall–Kier alpha value is -1.80. The van der Waals surface area contributed by atoms with Crippen molar-refractivity contribution in [2.45, 2.75) is 25.4 Å². The highest BCUT2D eigenvalue weighted by molar-refractivity contribution is 6.30. The number of benzene rings is 2. The largest absolute Gasteiger partial charge is 0.482 e. The van der Waals surface area contributed by atoms with Crippen LogP contribution in [0.5, 0.6) is 5.75 Å². The molecule has 0 aliphatic carbocycles. The van der Waals surface area contributed by atoms with E-state index >= 15 is 0 Å². The average molecular weight is 289 g/mol. The van der Waals surface area contributed by atoms with E-state index in [0.29, 0.717) is 10.8 Å². The van der Waals surface area contributed by atoms with Gasteiger partial charge in [0, 0.05) is 10.4 Å². The Morgan fingerprint density at radius 2 is 1.65 bits per heavy atom. The SMILES string of the molecule is CC(C)(c1ccc(Cl)cc1)C(C=O)Oc1ccccc1. The van der Waals surface area contributed by atoms with Gasteiger partial charge < -0.3 is 4.74 Å². The molecule has 0 N–H and O–H groups in total. The number of aldehydes is 1. The molecule has 0 amide bonds. The summed E-state index contributed by atoms with van der Waals surface area (Å²) in [5.74, 6) is 0.687. The summed E-state index contributed by atoms with van der Waals surface area (Å²) in [5, 5.41) is 0.677. The molecule has 3 heteroatoms. The number of carbonyl (C=O) groups excluding carboxylic acids is 1. The Morgan fingerprint density at radius 1 is 1.05 bits per heavy atom. The number of ether oxygens (including phenoxy) is 1. The lowest BCUT2D eigenvalue weighted by Gasteiger charge is -2.31. The number of carbonyl (C=O) groups is 1. The maximum absolute atomic E-state index is 11.4. The van der Waals surface area contributed by atoms with Crippen molar-refractivity contribution in [3.63, 3.8) is 0 Å². The van der Waals surface area contributed by atoms with Gasteiger partial charge in [0.15, 0.2) is 12.4 Å². The first-order valence-electron chi connectivity index (χ1n) is 6.47. The molecule has 0 saturated carbocycles. The van der Waals surface area contributed by atoms with Crippen LogP contribution in [0.15, 0.2) is 54.6 Å². The number of halogens is 1. The molecule has 0 radical (unpaired) electrons. The van der Waals surface area contributed by atoms with E-state index in [4.69, 9.17) is 16.3 Å². The molecular formula is C17H17ClO2. The standard InChI is InChI=1S/C17H17ClO2/c1-17(2,13-8-10-14(18)11-9-13)16(12-19)20-15-6-4-3-5-7-15/h3-12,16H,1-2H3. The Kier molecular flexibility index (Phi) is 4.46. The van der Waals surface area contributed by atoms with Crippen LogP contribution in [0, 0.1) is 0 Å². The third-order valence-electron chi connectivity index (χ3n) is 3.43. The van der Waals surface area contributed by atoms with E-state index in [1.807, 2.05) is 68.4 Å². The maximum Gasteiger partial charge on any atom is 0.163 e. The van der Waals surface area contributed by atoms with Crippen LogP contribution < -0.4 is 4.74 Å². The second kappa shape index (κ2) is 6.10. The minimum Gasteiger partial charge on any atom is -0.482 e. The molecule has 1 atom stereocenters. The van der Waals surface area contributed by atoms with E-state index in [1.54, 1.807) is 0 Å². The monoisotopic (exact) mass is 288 g/mol. The third kappa shape index (κ3) is 3.20. The molecule has 0 aliphatic rings. The highest BCUT2D eigenvalue weighted by Gasteiger charge is 2.33. The predicted octanol–water partition coefficient (Wildman–Crippen LogP) is 4.26. The van der Waals surface area contributed by atoms with E-state index < -0.39 is 11.5 Å². The minimum absolute atomic E-state index is 0.442. The average Bonchev–Trinajstić information content (AvgIpc) is 2.46. The molecule has 0 heterocycles. The van der Waals surface area contributed by atoms with Gasteiger partial charge in [-0.3, -0.25) is 4.79 Å². The summed E-state index contributed by atoms with van der Waals surface area (Å²) in [5.41, 5.74) is 0.567. The fourth-order valence-corrected chi connectivity index (χ4v) is 2.16. The summed E-state index contributed by atoms with van der Waals surface area (Å²) >= 11 is 5.90. The Labute approximate surface area is 124 Å². The van der Waals surface area contributed by atoms with Crippen LogP contribution in [0.1, 0.15) is 19.4 Å². The van der Waals surface area contributed by atoms with Crippen LogP contribution in [0.3, 0.4) is 0 Å². The van der Waals surface area contributed by atoms with Crippen molar-refractivity contribution in [3.8, 4) is 5.75 Å². The Morgan fingerprint density at radius 3 is 2.20 bits per heavy atom. The second-order valence-electron chi connectivity index (χ2n) is 5.22. The summed E-state index contributed by atoms with van der Waals surface area (Å²) < 4.78 is 5.81. The van der Waals surface area contributed by atoms with Crippen molar-refractivity contribution < 1.29 is 9.53 Å². The minimum atomic E-state index is -0.564. The fraction of sp³-hybridized carbons (Fsp3) is 0.235. The van der Waals surface area contributed by atoms with E-state index in [1.165, 1.54) is 0 Å². The smallest absolute Gasteiger partial charge is 0.163 e. The van der Waals surface area contributed by atoms with Gasteiger partial charge >= 0.3 is 0 Å². The van der Waals surface area contributed by atoms with Gasteiger partial charge in [-0.2, -0.15) is 0 Å². The lowest BCUT2D eigenvalue weighted by Crippen LogP contribution is -2.39. The molecular weight excluding hydrogens is 272 g/mol. The van der Waals surface area contributed by atoms with Gasteiger partial charge in [0.05, 0.1) is 0 Å². The van der Waals surface area contributed by atoms with Crippen LogP contribution in [0.2, 0.25) is 5.02 Å². The highest BCUT2D eigenvalue weighted by atomic mass is 35.5. The van der Waals surface area contributed by atoms with Crippen LogP contribution in [-0.2, 0) is 10.2 Å². The van der Waals surface area contributed by atoms with Crippen LogP contribution in [-0.4, -0.2) is 12.4 Å². The van der Waals surface area contributed by atoms with Gasteiger partial charge in [0.2, 0.25) is 0 Å². The number of hydrogen-bond donors (Lipinski definition) is 0. The van der Waals surface area contributed by atoms with Crippen molar-refractivity contribution in [1.82, 2.24) is 0 Å². The number of rotatable bonds is 5. The Balaban J connectivity index is 2.25.